The van der Waals surface area contributed by atoms with E-state index in [-0.39, 0.29) is 0 Å². The molecule has 3 heteroatoms. The number of nitrogens with zero attached hydrogens (tertiary/aromatic N) is 1. The van der Waals surface area contributed by atoms with Crippen molar-refractivity contribution in [3.63, 3.8) is 0 Å². The van der Waals surface area contributed by atoms with E-state index in [0.29, 0.717) is 0 Å². The highest BCUT2D eigenvalue weighted by Gasteiger charge is 2.14. The minimum absolute atomic E-state index is 0.830. The molecule has 1 aromatic carbocycles. The van der Waals surface area contributed by atoms with Crippen molar-refractivity contribution >= 4 is 11.6 Å². The molecule has 2 nitrogen and oxygen atoms in total. The quantitative estimate of drug-likeness (QED) is 0.867. The molecule has 1 fully saturated rings. The summed E-state index contributed by atoms with van der Waals surface area (Å²) < 4.78 is 0. The average molecular weight is 253 g/mol. The standard InChI is InChI=1S/C14H21ClN2/c1-17(8-6-12-5-7-16-10-12)11-13-3-2-4-14(15)9-13/h2-4,9,12,16H,5-8,10-11H2,1H3. The van der Waals surface area contributed by atoms with Crippen molar-refractivity contribution in [2.24, 2.45) is 5.92 Å². The van der Waals surface area contributed by atoms with Gasteiger partial charge in [0.15, 0.2) is 0 Å². The number of benzene rings is 1. The second-order valence-corrected chi connectivity index (χ2v) is 5.45. The van der Waals surface area contributed by atoms with E-state index >= 15 is 0 Å². The molecule has 0 radical (unpaired) electrons. The summed E-state index contributed by atoms with van der Waals surface area (Å²) in [6.45, 7) is 4.55. The van der Waals surface area contributed by atoms with Crippen LogP contribution in [0.4, 0.5) is 0 Å². The first-order valence-corrected chi connectivity index (χ1v) is 6.75. The van der Waals surface area contributed by atoms with E-state index in [0.717, 1.165) is 17.5 Å². The lowest BCUT2D eigenvalue weighted by molar-refractivity contribution is 0.298. The molecule has 1 atom stereocenters. The van der Waals surface area contributed by atoms with Crippen molar-refractivity contribution in [1.82, 2.24) is 10.2 Å². The van der Waals surface area contributed by atoms with Crippen molar-refractivity contribution in [3.05, 3.63) is 34.9 Å². The molecule has 1 aliphatic heterocycles. The molecule has 0 amide bonds. The fraction of sp³-hybridized carbons (Fsp3) is 0.571. The van der Waals surface area contributed by atoms with Crippen LogP contribution in [0.5, 0.6) is 0 Å². The van der Waals surface area contributed by atoms with Crippen LogP contribution in [-0.2, 0) is 6.54 Å². The van der Waals surface area contributed by atoms with Crippen LogP contribution in [0, 0.1) is 5.92 Å². The zero-order valence-electron chi connectivity index (χ0n) is 10.5. The molecule has 1 saturated heterocycles. The summed E-state index contributed by atoms with van der Waals surface area (Å²) in [4.78, 5) is 2.38. The summed E-state index contributed by atoms with van der Waals surface area (Å²) >= 11 is 5.98. The number of nitrogens with one attached hydrogen (secondary N) is 1. The predicted molar refractivity (Wildman–Crippen MR) is 73.4 cm³/mol. The lowest BCUT2D eigenvalue weighted by atomic mass is 10.0. The Labute approximate surface area is 109 Å². The molecule has 17 heavy (non-hydrogen) atoms. The Morgan fingerprint density at radius 2 is 2.35 bits per heavy atom. The second kappa shape index (κ2) is 6.39. The van der Waals surface area contributed by atoms with Gasteiger partial charge in [-0.3, -0.25) is 0 Å². The summed E-state index contributed by atoms with van der Waals surface area (Å²) in [5, 5.41) is 4.25. The molecule has 1 aliphatic rings. The van der Waals surface area contributed by atoms with Gasteiger partial charge in [-0.1, -0.05) is 23.7 Å². The maximum absolute atomic E-state index is 5.98. The van der Waals surface area contributed by atoms with Crippen molar-refractivity contribution in [2.75, 3.05) is 26.7 Å². The maximum atomic E-state index is 5.98. The molecule has 1 N–H and O–H groups in total. The Bertz CT molecular complexity index is 348. The van der Waals surface area contributed by atoms with Gasteiger partial charge in [0.2, 0.25) is 0 Å². The first kappa shape index (κ1) is 12.9. The van der Waals surface area contributed by atoms with Gasteiger partial charge >= 0.3 is 0 Å². The zero-order valence-corrected chi connectivity index (χ0v) is 11.2. The molecule has 2 rings (SSSR count). The lowest BCUT2D eigenvalue weighted by Gasteiger charge is -2.18. The number of halogens is 1. The molecule has 1 heterocycles. The molecule has 0 saturated carbocycles. The largest absolute Gasteiger partial charge is 0.316 e. The number of hydrogen-bond donors (Lipinski definition) is 1. The summed E-state index contributed by atoms with van der Waals surface area (Å²) in [5.74, 6) is 0.872. The highest BCUT2D eigenvalue weighted by molar-refractivity contribution is 6.30. The van der Waals surface area contributed by atoms with Crippen LogP contribution < -0.4 is 5.32 Å². The summed E-state index contributed by atoms with van der Waals surface area (Å²) in [7, 11) is 2.18. The van der Waals surface area contributed by atoms with E-state index in [1.807, 2.05) is 12.1 Å². The summed E-state index contributed by atoms with van der Waals surface area (Å²) in [6.07, 6.45) is 2.63. The Balaban J connectivity index is 1.74. The van der Waals surface area contributed by atoms with E-state index < -0.39 is 0 Å². The first-order valence-electron chi connectivity index (χ1n) is 6.38. The fourth-order valence-electron chi connectivity index (χ4n) is 2.39. The first-order chi connectivity index (χ1) is 8.24. The van der Waals surface area contributed by atoms with Gasteiger partial charge in [0, 0.05) is 11.6 Å². The van der Waals surface area contributed by atoms with Crippen LogP contribution in [0.3, 0.4) is 0 Å². The molecule has 0 aliphatic carbocycles. The van der Waals surface area contributed by atoms with Gasteiger partial charge in [-0.25, -0.2) is 0 Å². The van der Waals surface area contributed by atoms with Crippen molar-refractivity contribution < 1.29 is 0 Å². The molecular weight excluding hydrogens is 232 g/mol. The Morgan fingerprint density at radius 3 is 3.06 bits per heavy atom. The van der Waals surface area contributed by atoms with Gasteiger partial charge in [0.05, 0.1) is 0 Å². The van der Waals surface area contributed by atoms with E-state index in [4.69, 9.17) is 11.6 Å². The van der Waals surface area contributed by atoms with Crippen LogP contribution in [0.25, 0.3) is 0 Å². The van der Waals surface area contributed by atoms with Crippen molar-refractivity contribution in [2.45, 2.75) is 19.4 Å². The number of rotatable bonds is 5. The van der Waals surface area contributed by atoms with Gasteiger partial charge in [0.1, 0.15) is 0 Å². The van der Waals surface area contributed by atoms with E-state index in [1.165, 1.54) is 38.0 Å². The highest BCUT2D eigenvalue weighted by atomic mass is 35.5. The topological polar surface area (TPSA) is 15.3 Å². The van der Waals surface area contributed by atoms with Gasteiger partial charge in [-0.05, 0) is 63.1 Å². The Morgan fingerprint density at radius 1 is 1.47 bits per heavy atom. The van der Waals surface area contributed by atoms with Gasteiger partial charge in [0.25, 0.3) is 0 Å². The molecule has 0 bridgehead atoms. The third-order valence-electron chi connectivity index (χ3n) is 3.42. The molecule has 94 valence electrons. The molecule has 0 spiro atoms. The summed E-state index contributed by atoms with van der Waals surface area (Å²) in [5.41, 5.74) is 1.30. The predicted octanol–water partition coefficient (Wildman–Crippen LogP) is 2.77. The maximum Gasteiger partial charge on any atom is 0.0409 e. The van der Waals surface area contributed by atoms with Crippen LogP contribution in [0.1, 0.15) is 18.4 Å². The number of hydrogen-bond acceptors (Lipinski definition) is 2. The minimum atomic E-state index is 0.830. The third kappa shape index (κ3) is 4.30. The molecule has 0 aromatic heterocycles. The van der Waals surface area contributed by atoms with Crippen LogP contribution in [-0.4, -0.2) is 31.6 Å². The van der Waals surface area contributed by atoms with Crippen molar-refractivity contribution in [3.8, 4) is 0 Å². The molecular formula is C14H21ClN2. The molecule has 1 unspecified atom stereocenters. The summed E-state index contributed by atoms with van der Waals surface area (Å²) in [6, 6.07) is 8.14. The smallest absolute Gasteiger partial charge is 0.0409 e. The Hall–Kier alpha value is -0.570. The monoisotopic (exact) mass is 252 g/mol. The van der Waals surface area contributed by atoms with E-state index in [2.05, 4.69) is 29.4 Å². The van der Waals surface area contributed by atoms with Crippen LogP contribution >= 0.6 is 11.6 Å². The van der Waals surface area contributed by atoms with E-state index in [1.54, 1.807) is 0 Å². The van der Waals surface area contributed by atoms with Crippen LogP contribution in [0.2, 0.25) is 5.02 Å². The van der Waals surface area contributed by atoms with Gasteiger partial charge in [-0.2, -0.15) is 0 Å². The van der Waals surface area contributed by atoms with Gasteiger partial charge in [-0.15, -0.1) is 0 Å². The Kier molecular flexibility index (Phi) is 4.84. The van der Waals surface area contributed by atoms with E-state index in [9.17, 15) is 0 Å². The second-order valence-electron chi connectivity index (χ2n) is 5.02. The lowest BCUT2D eigenvalue weighted by Crippen LogP contribution is -2.22. The third-order valence-corrected chi connectivity index (χ3v) is 3.66. The normalized spacial score (nSPS) is 20.1. The minimum Gasteiger partial charge on any atom is -0.316 e. The van der Waals surface area contributed by atoms with Crippen LogP contribution in [0.15, 0.2) is 24.3 Å². The van der Waals surface area contributed by atoms with Crippen molar-refractivity contribution in [1.29, 1.82) is 0 Å². The zero-order chi connectivity index (χ0) is 12.1. The molecule has 1 aromatic rings. The SMILES string of the molecule is CN(CCC1CCNC1)Cc1cccc(Cl)c1. The van der Waals surface area contributed by atoms with Gasteiger partial charge < -0.3 is 10.2 Å². The average Bonchev–Trinajstić information content (AvgIpc) is 2.79. The fourth-order valence-corrected chi connectivity index (χ4v) is 2.60. The highest BCUT2D eigenvalue weighted by Crippen LogP contribution is 2.15.